The molecule has 0 saturated heterocycles. The predicted octanol–water partition coefficient (Wildman–Crippen LogP) is 3.98. The largest absolute Gasteiger partial charge is 0.486 e. The van der Waals surface area contributed by atoms with Gasteiger partial charge in [0, 0.05) is 23.0 Å². The summed E-state index contributed by atoms with van der Waals surface area (Å²) in [6.45, 7) is 0.404. The monoisotopic (exact) mass is 321 g/mol. The molecule has 19 heavy (non-hydrogen) atoms. The van der Waals surface area contributed by atoms with E-state index >= 15 is 0 Å². The summed E-state index contributed by atoms with van der Waals surface area (Å²) in [4.78, 5) is 10.4. The molecular formula is C14H12BrNO3. The number of nitrogens with zero attached hydrogens (tertiary/aromatic N) is 1. The van der Waals surface area contributed by atoms with Gasteiger partial charge in [-0.15, -0.1) is 0 Å². The summed E-state index contributed by atoms with van der Waals surface area (Å²) >= 11 is 3.28. The third-order valence-electron chi connectivity index (χ3n) is 2.61. The van der Waals surface area contributed by atoms with E-state index in [4.69, 9.17) is 4.74 Å². The van der Waals surface area contributed by atoms with Gasteiger partial charge in [-0.2, -0.15) is 0 Å². The van der Waals surface area contributed by atoms with Crippen LogP contribution in [0, 0.1) is 10.1 Å². The van der Waals surface area contributed by atoms with Gasteiger partial charge in [0.15, 0.2) is 5.75 Å². The second-order valence-electron chi connectivity index (χ2n) is 3.95. The Hall–Kier alpha value is -1.88. The van der Waals surface area contributed by atoms with Gasteiger partial charge in [-0.1, -0.05) is 46.3 Å². The molecule has 2 aromatic carbocycles. The van der Waals surface area contributed by atoms with E-state index in [0.29, 0.717) is 13.0 Å². The molecule has 0 aromatic heterocycles. The van der Waals surface area contributed by atoms with E-state index in [2.05, 4.69) is 15.9 Å². The van der Waals surface area contributed by atoms with Gasteiger partial charge >= 0.3 is 5.69 Å². The lowest BCUT2D eigenvalue weighted by Gasteiger charge is -2.07. The first kappa shape index (κ1) is 13.5. The number of nitro benzene ring substituents is 1. The summed E-state index contributed by atoms with van der Waals surface area (Å²) < 4.78 is 6.27. The molecular weight excluding hydrogens is 310 g/mol. The summed E-state index contributed by atoms with van der Waals surface area (Å²) in [7, 11) is 0. The lowest BCUT2D eigenvalue weighted by molar-refractivity contribution is -0.385. The molecule has 0 aliphatic rings. The van der Waals surface area contributed by atoms with E-state index in [1.807, 2.05) is 30.3 Å². The summed E-state index contributed by atoms with van der Waals surface area (Å²) in [5.74, 6) is 0.287. The Balaban J connectivity index is 2.03. The number of benzene rings is 2. The average molecular weight is 322 g/mol. The van der Waals surface area contributed by atoms with Crippen molar-refractivity contribution in [3.63, 3.8) is 0 Å². The van der Waals surface area contributed by atoms with E-state index in [-0.39, 0.29) is 11.4 Å². The van der Waals surface area contributed by atoms with Crippen molar-refractivity contribution in [2.45, 2.75) is 6.42 Å². The first-order chi connectivity index (χ1) is 9.16. The Morgan fingerprint density at radius 1 is 1.16 bits per heavy atom. The maximum Gasteiger partial charge on any atom is 0.310 e. The first-order valence-corrected chi connectivity index (χ1v) is 6.57. The Bertz CT molecular complexity index is 572. The highest BCUT2D eigenvalue weighted by Gasteiger charge is 2.14. The Kier molecular flexibility index (Phi) is 4.52. The van der Waals surface area contributed by atoms with Crippen molar-refractivity contribution in [1.29, 1.82) is 0 Å². The van der Waals surface area contributed by atoms with Gasteiger partial charge in [0.25, 0.3) is 0 Å². The minimum Gasteiger partial charge on any atom is -0.486 e. The van der Waals surface area contributed by atoms with Crippen molar-refractivity contribution >= 4 is 21.6 Å². The number of ether oxygens (including phenoxy) is 1. The average Bonchev–Trinajstić information content (AvgIpc) is 2.39. The molecule has 0 atom stereocenters. The molecule has 0 amide bonds. The highest BCUT2D eigenvalue weighted by Crippen LogP contribution is 2.30. The molecule has 2 aromatic rings. The normalized spacial score (nSPS) is 10.2. The quantitative estimate of drug-likeness (QED) is 0.618. The topological polar surface area (TPSA) is 52.4 Å². The van der Waals surface area contributed by atoms with Crippen LogP contribution in [0.3, 0.4) is 0 Å². The van der Waals surface area contributed by atoms with Gasteiger partial charge in [-0.3, -0.25) is 10.1 Å². The highest BCUT2D eigenvalue weighted by molar-refractivity contribution is 9.10. The molecule has 0 spiro atoms. The third kappa shape index (κ3) is 3.79. The Morgan fingerprint density at radius 2 is 1.89 bits per heavy atom. The molecule has 0 radical (unpaired) electrons. The molecule has 0 aliphatic heterocycles. The van der Waals surface area contributed by atoms with Crippen LogP contribution < -0.4 is 4.74 Å². The van der Waals surface area contributed by atoms with Crippen molar-refractivity contribution in [1.82, 2.24) is 0 Å². The van der Waals surface area contributed by atoms with Crippen LogP contribution in [-0.4, -0.2) is 11.5 Å². The molecule has 4 nitrogen and oxygen atoms in total. The molecule has 98 valence electrons. The molecule has 0 fully saturated rings. The standard InChI is InChI=1S/C14H12BrNO3/c15-12-6-7-13(16(17)18)14(10-12)19-9-8-11-4-2-1-3-5-11/h1-7,10H,8-9H2. The van der Waals surface area contributed by atoms with Crippen LogP contribution >= 0.6 is 15.9 Å². The number of hydrogen-bond acceptors (Lipinski definition) is 3. The van der Waals surface area contributed by atoms with Crippen LogP contribution in [0.15, 0.2) is 53.0 Å². The van der Waals surface area contributed by atoms with Gasteiger partial charge in [-0.05, 0) is 11.6 Å². The first-order valence-electron chi connectivity index (χ1n) is 5.77. The summed E-state index contributed by atoms with van der Waals surface area (Å²) in [5, 5.41) is 10.9. The SMILES string of the molecule is O=[N+]([O-])c1ccc(Br)cc1OCCc1ccccc1. The second-order valence-corrected chi connectivity index (χ2v) is 4.87. The molecule has 0 bridgehead atoms. The molecule has 5 heteroatoms. The fourth-order valence-corrected chi connectivity index (χ4v) is 2.02. The van der Waals surface area contributed by atoms with Gasteiger partial charge in [-0.25, -0.2) is 0 Å². The van der Waals surface area contributed by atoms with Gasteiger partial charge in [0.1, 0.15) is 0 Å². The number of halogens is 1. The molecule has 0 unspecified atom stereocenters. The summed E-state index contributed by atoms with van der Waals surface area (Å²) in [6, 6.07) is 14.5. The van der Waals surface area contributed by atoms with E-state index in [1.165, 1.54) is 6.07 Å². The van der Waals surface area contributed by atoms with Crippen molar-refractivity contribution < 1.29 is 9.66 Å². The fraction of sp³-hybridized carbons (Fsp3) is 0.143. The molecule has 0 heterocycles. The molecule has 0 N–H and O–H groups in total. The zero-order chi connectivity index (χ0) is 13.7. The fourth-order valence-electron chi connectivity index (χ4n) is 1.68. The van der Waals surface area contributed by atoms with Crippen LogP contribution in [0.5, 0.6) is 5.75 Å². The van der Waals surface area contributed by atoms with Crippen LogP contribution in [-0.2, 0) is 6.42 Å². The summed E-state index contributed by atoms with van der Waals surface area (Å²) in [6.07, 6.45) is 0.713. The lowest BCUT2D eigenvalue weighted by Crippen LogP contribution is -2.03. The molecule has 0 saturated carbocycles. The van der Waals surface area contributed by atoms with Gasteiger partial charge in [0.2, 0.25) is 0 Å². The predicted molar refractivity (Wildman–Crippen MR) is 76.4 cm³/mol. The third-order valence-corrected chi connectivity index (χ3v) is 3.10. The smallest absolute Gasteiger partial charge is 0.310 e. The molecule has 2 rings (SSSR count). The van der Waals surface area contributed by atoms with E-state index in [0.717, 1.165) is 10.0 Å². The molecule has 0 aliphatic carbocycles. The minimum atomic E-state index is -0.440. The van der Waals surface area contributed by atoms with Crippen molar-refractivity contribution in [2.75, 3.05) is 6.61 Å². The van der Waals surface area contributed by atoms with Gasteiger partial charge in [0.05, 0.1) is 11.5 Å². The van der Waals surface area contributed by atoms with E-state index in [1.54, 1.807) is 12.1 Å². The number of hydrogen-bond donors (Lipinski definition) is 0. The van der Waals surface area contributed by atoms with Crippen LogP contribution in [0.1, 0.15) is 5.56 Å². The lowest BCUT2D eigenvalue weighted by atomic mass is 10.2. The zero-order valence-electron chi connectivity index (χ0n) is 10.1. The number of rotatable bonds is 5. The van der Waals surface area contributed by atoms with Crippen LogP contribution in [0.25, 0.3) is 0 Å². The Morgan fingerprint density at radius 3 is 2.58 bits per heavy atom. The van der Waals surface area contributed by atoms with Crippen LogP contribution in [0.2, 0.25) is 0 Å². The van der Waals surface area contributed by atoms with Crippen molar-refractivity contribution in [3.8, 4) is 5.75 Å². The Labute approximate surface area is 119 Å². The second kappa shape index (κ2) is 6.33. The van der Waals surface area contributed by atoms with Crippen molar-refractivity contribution in [3.05, 3.63) is 68.7 Å². The van der Waals surface area contributed by atoms with Gasteiger partial charge < -0.3 is 4.74 Å². The van der Waals surface area contributed by atoms with Crippen LogP contribution in [0.4, 0.5) is 5.69 Å². The highest BCUT2D eigenvalue weighted by atomic mass is 79.9. The maximum absolute atomic E-state index is 10.9. The van der Waals surface area contributed by atoms with E-state index < -0.39 is 4.92 Å². The maximum atomic E-state index is 10.9. The minimum absolute atomic E-state index is 0.0174. The summed E-state index contributed by atoms with van der Waals surface area (Å²) in [5.41, 5.74) is 1.12. The van der Waals surface area contributed by atoms with Crippen molar-refractivity contribution in [2.24, 2.45) is 0 Å². The number of nitro groups is 1. The van der Waals surface area contributed by atoms with E-state index in [9.17, 15) is 10.1 Å². The zero-order valence-corrected chi connectivity index (χ0v) is 11.7.